The highest BCUT2D eigenvalue weighted by Gasteiger charge is 2.19. The van der Waals surface area contributed by atoms with Crippen LogP contribution in [0.1, 0.15) is 34.6 Å². The van der Waals surface area contributed by atoms with Crippen LogP contribution >= 0.6 is 0 Å². The van der Waals surface area contributed by atoms with Gasteiger partial charge in [0, 0.05) is 31.3 Å². The Labute approximate surface area is 113 Å². The molecule has 2 aromatic rings. The Balaban J connectivity index is 2.17. The zero-order valence-corrected chi connectivity index (χ0v) is 11.4. The highest BCUT2D eigenvalue weighted by Crippen LogP contribution is 2.19. The first-order valence-corrected chi connectivity index (χ1v) is 6.19. The lowest BCUT2D eigenvalue weighted by atomic mass is 10.1. The Morgan fingerprint density at radius 1 is 1.26 bits per heavy atom. The van der Waals surface area contributed by atoms with Gasteiger partial charge in [-0.25, -0.2) is 0 Å². The Morgan fingerprint density at radius 3 is 2.63 bits per heavy atom. The van der Waals surface area contributed by atoms with Crippen LogP contribution in [0.3, 0.4) is 0 Å². The second-order valence-electron chi connectivity index (χ2n) is 4.57. The molecular weight excluding hydrogens is 238 g/mol. The normalized spacial score (nSPS) is 11.9. The number of amides is 1. The third-order valence-electron chi connectivity index (χ3n) is 3.23. The quantitative estimate of drug-likeness (QED) is 0.847. The Morgan fingerprint density at radius 2 is 2.05 bits per heavy atom. The average molecular weight is 255 g/mol. The van der Waals surface area contributed by atoms with Crippen molar-refractivity contribution >= 4 is 5.91 Å². The number of rotatable bonds is 3. The van der Waals surface area contributed by atoms with Gasteiger partial charge in [-0.1, -0.05) is 6.07 Å². The maximum Gasteiger partial charge on any atom is 0.255 e. The summed E-state index contributed by atoms with van der Waals surface area (Å²) in [6.45, 7) is 3.88. The first-order chi connectivity index (χ1) is 9.09. The van der Waals surface area contributed by atoms with Crippen LogP contribution in [0.15, 0.2) is 42.9 Å². The molecule has 0 saturated carbocycles. The monoisotopic (exact) mass is 255 g/mol. The third kappa shape index (κ3) is 2.96. The van der Waals surface area contributed by atoms with Gasteiger partial charge >= 0.3 is 0 Å². The van der Waals surface area contributed by atoms with Crippen molar-refractivity contribution in [2.75, 3.05) is 7.05 Å². The molecule has 2 heterocycles. The number of hydrogen-bond acceptors (Lipinski definition) is 3. The number of pyridine rings is 2. The van der Waals surface area contributed by atoms with Crippen LogP contribution in [-0.4, -0.2) is 27.8 Å². The number of carbonyl (C=O) groups is 1. The van der Waals surface area contributed by atoms with E-state index in [1.165, 1.54) is 0 Å². The number of nitrogens with zero attached hydrogens (tertiary/aromatic N) is 3. The van der Waals surface area contributed by atoms with Crippen LogP contribution in [0.25, 0.3) is 0 Å². The first kappa shape index (κ1) is 13.2. The molecule has 0 radical (unpaired) electrons. The van der Waals surface area contributed by atoms with Gasteiger partial charge in [0.2, 0.25) is 0 Å². The molecule has 0 fully saturated rings. The SMILES string of the molecule is Cc1ccc(C(=O)N(C)C(C)c2cccnc2)cn1. The Bertz CT molecular complexity index is 551. The number of carbonyl (C=O) groups excluding carboxylic acids is 1. The molecule has 0 aliphatic heterocycles. The highest BCUT2D eigenvalue weighted by molar-refractivity contribution is 5.94. The molecule has 4 heteroatoms. The van der Waals surface area contributed by atoms with Crippen molar-refractivity contribution in [3.8, 4) is 0 Å². The minimum atomic E-state index is -0.0381. The second kappa shape index (κ2) is 5.61. The summed E-state index contributed by atoms with van der Waals surface area (Å²) in [6.07, 6.45) is 5.12. The van der Waals surface area contributed by atoms with E-state index in [9.17, 15) is 4.79 Å². The van der Waals surface area contributed by atoms with E-state index >= 15 is 0 Å². The maximum absolute atomic E-state index is 12.3. The molecule has 19 heavy (non-hydrogen) atoms. The van der Waals surface area contributed by atoms with Crippen molar-refractivity contribution < 1.29 is 4.79 Å². The molecule has 1 unspecified atom stereocenters. The van der Waals surface area contributed by atoms with Crippen molar-refractivity contribution in [1.29, 1.82) is 0 Å². The molecule has 0 aliphatic carbocycles. The summed E-state index contributed by atoms with van der Waals surface area (Å²) in [4.78, 5) is 22.3. The first-order valence-electron chi connectivity index (χ1n) is 6.19. The molecule has 1 atom stereocenters. The summed E-state index contributed by atoms with van der Waals surface area (Å²) in [5, 5.41) is 0. The lowest BCUT2D eigenvalue weighted by Gasteiger charge is -2.25. The minimum Gasteiger partial charge on any atom is -0.335 e. The fourth-order valence-electron chi connectivity index (χ4n) is 1.82. The van der Waals surface area contributed by atoms with Crippen LogP contribution in [-0.2, 0) is 0 Å². The van der Waals surface area contributed by atoms with Crippen molar-refractivity contribution in [1.82, 2.24) is 14.9 Å². The van der Waals surface area contributed by atoms with E-state index in [0.717, 1.165) is 11.3 Å². The van der Waals surface area contributed by atoms with Gasteiger partial charge in [-0.15, -0.1) is 0 Å². The van der Waals surface area contributed by atoms with Gasteiger partial charge in [0.15, 0.2) is 0 Å². The van der Waals surface area contributed by atoms with E-state index < -0.39 is 0 Å². The summed E-state index contributed by atoms with van der Waals surface area (Å²) < 4.78 is 0. The topological polar surface area (TPSA) is 46.1 Å². The maximum atomic E-state index is 12.3. The van der Waals surface area contributed by atoms with Crippen LogP contribution in [0.5, 0.6) is 0 Å². The molecule has 0 aromatic carbocycles. The van der Waals surface area contributed by atoms with Gasteiger partial charge in [-0.2, -0.15) is 0 Å². The average Bonchev–Trinajstić information content (AvgIpc) is 2.46. The predicted molar refractivity (Wildman–Crippen MR) is 73.7 cm³/mol. The van der Waals surface area contributed by atoms with Gasteiger partial charge in [0.1, 0.15) is 0 Å². The zero-order chi connectivity index (χ0) is 13.8. The van der Waals surface area contributed by atoms with E-state index in [1.54, 1.807) is 36.6 Å². The Hall–Kier alpha value is -2.23. The van der Waals surface area contributed by atoms with Gasteiger partial charge in [-0.05, 0) is 37.6 Å². The minimum absolute atomic E-state index is 0.0255. The summed E-state index contributed by atoms with van der Waals surface area (Å²) in [5.74, 6) is -0.0381. The van der Waals surface area contributed by atoms with E-state index in [1.807, 2.05) is 32.0 Å². The standard InChI is InChI=1S/C15H17N3O/c1-11-6-7-14(10-17-11)15(19)18(3)12(2)13-5-4-8-16-9-13/h4-10,12H,1-3H3. The lowest BCUT2D eigenvalue weighted by molar-refractivity contribution is 0.0742. The zero-order valence-electron chi connectivity index (χ0n) is 11.4. The van der Waals surface area contributed by atoms with Crippen molar-refractivity contribution in [2.45, 2.75) is 19.9 Å². The van der Waals surface area contributed by atoms with Crippen molar-refractivity contribution in [3.63, 3.8) is 0 Å². The second-order valence-corrected chi connectivity index (χ2v) is 4.57. The van der Waals surface area contributed by atoms with Gasteiger partial charge < -0.3 is 4.90 Å². The fraction of sp³-hybridized carbons (Fsp3) is 0.267. The highest BCUT2D eigenvalue weighted by atomic mass is 16.2. The molecule has 2 aromatic heterocycles. The smallest absolute Gasteiger partial charge is 0.255 e. The van der Waals surface area contributed by atoms with Crippen molar-refractivity contribution in [3.05, 3.63) is 59.7 Å². The molecule has 0 saturated heterocycles. The van der Waals surface area contributed by atoms with Gasteiger partial charge in [0.05, 0.1) is 11.6 Å². The van der Waals surface area contributed by atoms with E-state index in [2.05, 4.69) is 9.97 Å². The third-order valence-corrected chi connectivity index (χ3v) is 3.23. The molecule has 98 valence electrons. The molecule has 0 spiro atoms. The van der Waals surface area contributed by atoms with Crippen molar-refractivity contribution in [2.24, 2.45) is 0 Å². The summed E-state index contributed by atoms with van der Waals surface area (Å²) in [7, 11) is 1.79. The number of aryl methyl sites for hydroxylation is 1. The van der Waals surface area contributed by atoms with Gasteiger partial charge in [-0.3, -0.25) is 14.8 Å². The molecular formula is C15H17N3O. The molecule has 1 amide bonds. The predicted octanol–water partition coefficient (Wildman–Crippen LogP) is 2.62. The largest absolute Gasteiger partial charge is 0.335 e. The van der Waals surface area contributed by atoms with Crippen LogP contribution in [0.4, 0.5) is 0 Å². The Kier molecular flexibility index (Phi) is 3.90. The number of aromatic nitrogens is 2. The summed E-state index contributed by atoms with van der Waals surface area (Å²) in [5.41, 5.74) is 2.52. The number of hydrogen-bond donors (Lipinski definition) is 0. The summed E-state index contributed by atoms with van der Waals surface area (Å²) >= 11 is 0. The molecule has 0 N–H and O–H groups in total. The van der Waals surface area contributed by atoms with E-state index in [0.29, 0.717) is 5.56 Å². The molecule has 2 rings (SSSR count). The van der Waals surface area contributed by atoms with Crippen LogP contribution in [0.2, 0.25) is 0 Å². The molecule has 4 nitrogen and oxygen atoms in total. The van der Waals surface area contributed by atoms with E-state index in [4.69, 9.17) is 0 Å². The van der Waals surface area contributed by atoms with Crippen LogP contribution < -0.4 is 0 Å². The summed E-state index contributed by atoms with van der Waals surface area (Å²) in [6, 6.07) is 7.46. The molecule has 0 bridgehead atoms. The van der Waals surface area contributed by atoms with E-state index in [-0.39, 0.29) is 11.9 Å². The lowest BCUT2D eigenvalue weighted by Crippen LogP contribution is -2.29. The fourth-order valence-corrected chi connectivity index (χ4v) is 1.82. The molecule has 0 aliphatic rings. The van der Waals surface area contributed by atoms with Crippen LogP contribution in [0, 0.1) is 6.92 Å². The van der Waals surface area contributed by atoms with Gasteiger partial charge in [0.25, 0.3) is 5.91 Å².